The molecule has 1 saturated carbocycles. The molecule has 0 spiro atoms. The van der Waals surface area contributed by atoms with Gasteiger partial charge < -0.3 is 10.4 Å². The molecule has 2 aromatic rings. The quantitative estimate of drug-likeness (QED) is 0.904. The Kier molecular flexibility index (Phi) is 3.92. The smallest absolute Gasteiger partial charge is 0.255 e. The van der Waals surface area contributed by atoms with Gasteiger partial charge in [0.15, 0.2) is 0 Å². The van der Waals surface area contributed by atoms with E-state index in [2.05, 4.69) is 10.4 Å². The Morgan fingerprint density at radius 1 is 1.33 bits per heavy atom. The number of amides is 1. The minimum absolute atomic E-state index is 0.116. The molecule has 3 rings (SSSR count). The number of hydrogen-bond donors (Lipinski definition) is 2. The zero-order chi connectivity index (χ0) is 14.7. The van der Waals surface area contributed by atoms with Crippen molar-refractivity contribution in [2.75, 3.05) is 13.2 Å². The van der Waals surface area contributed by atoms with Crippen molar-refractivity contribution in [1.29, 1.82) is 0 Å². The zero-order valence-corrected chi connectivity index (χ0v) is 12.1. The molecule has 5 nitrogen and oxygen atoms in total. The Labute approximate surface area is 124 Å². The Hall–Kier alpha value is -1.88. The van der Waals surface area contributed by atoms with Crippen LogP contribution in [0.5, 0.6) is 0 Å². The number of hydrogen-bond acceptors (Lipinski definition) is 3. The fourth-order valence-corrected chi connectivity index (χ4v) is 3.17. The number of carbonyl (C=O) groups is 1. The van der Waals surface area contributed by atoms with Gasteiger partial charge in [-0.1, -0.05) is 25.3 Å². The summed E-state index contributed by atoms with van der Waals surface area (Å²) in [5, 5.41) is 16.9. The van der Waals surface area contributed by atoms with Crippen molar-refractivity contribution in [2.24, 2.45) is 5.41 Å². The molecule has 0 aliphatic heterocycles. The number of aromatic nitrogens is 2. The number of carbonyl (C=O) groups excluding carboxylic acids is 1. The molecule has 2 heterocycles. The number of nitrogens with one attached hydrogen (secondary N) is 1. The largest absolute Gasteiger partial charge is 0.396 e. The van der Waals surface area contributed by atoms with Gasteiger partial charge >= 0.3 is 0 Å². The van der Waals surface area contributed by atoms with Gasteiger partial charge in [-0.15, -0.1) is 0 Å². The lowest BCUT2D eigenvalue weighted by atomic mass is 9.74. The molecule has 0 aromatic carbocycles. The Morgan fingerprint density at radius 3 is 2.90 bits per heavy atom. The first kappa shape index (κ1) is 14.1. The van der Waals surface area contributed by atoms with E-state index in [4.69, 9.17) is 0 Å². The van der Waals surface area contributed by atoms with Crippen molar-refractivity contribution in [3.8, 4) is 0 Å². The third kappa shape index (κ3) is 2.78. The van der Waals surface area contributed by atoms with E-state index in [0.717, 1.165) is 31.2 Å². The summed E-state index contributed by atoms with van der Waals surface area (Å²) in [4.78, 5) is 12.4. The second kappa shape index (κ2) is 5.85. The van der Waals surface area contributed by atoms with Crippen molar-refractivity contribution in [3.63, 3.8) is 0 Å². The first-order chi connectivity index (χ1) is 10.2. The third-order valence-corrected chi connectivity index (χ3v) is 4.54. The molecule has 2 N–H and O–H groups in total. The van der Waals surface area contributed by atoms with Gasteiger partial charge in [0.2, 0.25) is 0 Å². The maximum Gasteiger partial charge on any atom is 0.255 e. The highest BCUT2D eigenvalue weighted by atomic mass is 16.3. The number of aliphatic hydroxyl groups excluding tert-OH is 1. The summed E-state index contributed by atoms with van der Waals surface area (Å²) in [5.41, 5.74) is 1.24. The van der Waals surface area contributed by atoms with Crippen molar-refractivity contribution < 1.29 is 9.90 Å². The highest BCUT2D eigenvalue weighted by molar-refractivity contribution is 6.00. The molecule has 1 fully saturated rings. The number of aliphatic hydroxyl groups is 1. The zero-order valence-electron chi connectivity index (χ0n) is 12.1. The maximum atomic E-state index is 12.4. The molecular weight excluding hydrogens is 266 g/mol. The predicted molar refractivity (Wildman–Crippen MR) is 80.1 cm³/mol. The van der Waals surface area contributed by atoms with Crippen LogP contribution in [0.4, 0.5) is 0 Å². The second-order valence-electron chi connectivity index (χ2n) is 5.99. The summed E-state index contributed by atoms with van der Waals surface area (Å²) < 4.78 is 1.69. The van der Waals surface area contributed by atoms with E-state index in [1.54, 1.807) is 10.7 Å². The van der Waals surface area contributed by atoms with Crippen LogP contribution >= 0.6 is 0 Å². The lowest BCUT2D eigenvalue weighted by Crippen LogP contribution is -2.41. The molecular formula is C16H21N3O2. The second-order valence-corrected chi connectivity index (χ2v) is 5.99. The molecule has 0 saturated heterocycles. The van der Waals surface area contributed by atoms with E-state index >= 15 is 0 Å². The van der Waals surface area contributed by atoms with Crippen molar-refractivity contribution in [3.05, 3.63) is 36.2 Å². The summed E-state index contributed by atoms with van der Waals surface area (Å²) in [6.07, 6.45) is 8.88. The molecule has 1 aliphatic rings. The minimum atomic E-state index is -0.142. The molecule has 0 radical (unpaired) electrons. The van der Waals surface area contributed by atoms with Crippen LogP contribution in [0.3, 0.4) is 0 Å². The van der Waals surface area contributed by atoms with Gasteiger partial charge in [-0.25, -0.2) is 4.52 Å². The van der Waals surface area contributed by atoms with Crippen LogP contribution in [0.15, 0.2) is 30.6 Å². The van der Waals surface area contributed by atoms with E-state index in [1.165, 1.54) is 6.42 Å². The van der Waals surface area contributed by atoms with E-state index < -0.39 is 0 Å². The standard InChI is InChI=1S/C16H21N3O2/c20-12-16(7-3-1-4-8-16)11-17-15(21)13-10-18-19-9-5-2-6-14(13)19/h2,5-6,9-10,20H,1,3-4,7-8,11-12H2,(H,17,21). The normalized spacial score (nSPS) is 17.8. The summed E-state index contributed by atoms with van der Waals surface area (Å²) in [7, 11) is 0. The Morgan fingerprint density at radius 2 is 2.14 bits per heavy atom. The van der Waals surface area contributed by atoms with Gasteiger partial charge in [-0.2, -0.15) is 5.10 Å². The average Bonchev–Trinajstić information content (AvgIpc) is 2.98. The van der Waals surface area contributed by atoms with Crippen LogP contribution < -0.4 is 5.32 Å². The lowest BCUT2D eigenvalue weighted by Gasteiger charge is -2.35. The van der Waals surface area contributed by atoms with Crippen LogP contribution in [-0.2, 0) is 0 Å². The molecule has 1 amide bonds. The van der Waals surface area contributed by atoms with E-state index in [0.29, 0.717) is 12.1 Å². The van der Waals surface area contributed by atoms with Crippen LogP contribution in [-0.4, -0.2) is 33.8 Å². The predicted octanol–water partition coefficient (Wildman–Crippen LogP) is 2.01. The molecule has 0 bridgehead atoms. The van der Waals surface area contributed by atoms with Crippen LogP contribution in [0.25, 0.3) is 5.52 Å². The SMILES string of the molecule is O=C(NCC1(CO)CCCCC1)c1cnn2ccccc12. The van der Waals surface area contributed by atoms with Gasteiger partial charge in [-0.05, 0) is 25.0 Å². The molecule has 1 aliphatic carbocycles. The summed E-state index contributed by atoms with van der Waals surface area (Å²) in [6.45, 7) is 0.675. The van der Waals surface area contributed by atoms with Crippen LogP contribution in [0.2, 0.25) is 0 Å². The van der Waals surface area contributed by atoms with Crippen LogP contribution in [0, 0.1) is 5.41 Å². The fraction of sp³-hybridized carbons (Fsp3) is 0.500. The number of nitrogens with zero attached hydrogens (tertiary/aromatic N) is 2. The van der Waals surface area contributed by atoms with Gasteiger partial charge in [0.05, 0.1) is 23.9 Å². The summed E-state index contributed by atoms with van der Waals surface area (Å²) in [5.74, 6) is -0.116. The van der Waals surface area contributed by atoms with Gasteiger partial charge in [-0.3, -0.25) is 4.79 Å². The monoisotopic (exact) mass is 287 g/mol. The number of rotatable bonds is 4. The molecule has 2 aromatic heterocycles. The fourth-order valence-electron chi connectivity index (χ4n) is 3.17. The maximum absolute atomic E-state index is 12.4. The Bertz CT molecular complexity index is 629. The molecule has 112 valence electrons. The summed E-state index contributed by atoms with van der Waals surface area (Å²) in [6, 6.07) is 5.65. The average molecular weight is 287 g/mol. The van der Waals surface area contributed by atoms with Crippen molar-refractivity contribution in [2.45, 2.75) is 32.1 Å². The van der Waals surface area contributed by atoms with Gasteiger partial charge in [0.1, 0.15) is 0 Å². The topological polar surface area (TPSA) is 66.6 Å². The molecule has 0 unspecified atom stereocenters. The highest BCUT2D eigenvalue weighted by Crippen LogP contribution is 2.35. The van der Waals surface area contributed by atoms with E-state index in [9.17, 15) is 9.90 Å². The highest BCUT2D eigenvalue weighted by Gasteiger charge is 2.32. The van der Waals surface area contributed by atoms with Crippen molar-refractivity contribution in [1.82, 2.24) is 14.9 Å². The van der Waals surface area contributed by atoms with Crippen molar-refractivity contribution >= 4 is 11.4 Å². The molecule has 0 atom stereocenters. The van der Waals surface area contributed by atoms with E-state index in [-0.39, 0.29) is 17.9 Å². The first-order valence-corrected chi connectivity index (χ1v) is 7.56. The van der Waals surface area contributed by atoms with Gasteiger partial charge in [0, 0.05) is 18.2 Å². The first-order valence-electron chi connectivity index (χ1n) is 7.56. The van der Waals surface area contributed by atoms with Crippen LogP contribution in [0.1, 0.15) is 42.5 Å². The number of pyridine rings is 1. The summed E-state index contributed by atoms with van der Waals surface area (Å²) >= 11 is 0. The van der Waals surface area contributed by atoms with E-state index in [1.807, 2.05) is 24.4 Å². The molecule has 21 heavy (non-hydrogen) atoms. The minimum Gasteiger partial charge on any atom is -0.396 e. The Balaban J connectivity index is 1.71. The lowest BCUT2D eigenvalue weighted by molar-refractivity contribution is 0.0719. The third-order valence-electron chi connectivity index (χ3n) is 4.54. The van der Waals surface area contributed by atoms with Gasteiger partial charge in [0.25, 0.3) is 5.91 Å². The molecule has 5 heteroatoms. The number of fused-ring (bicyclic) bond motifs is 1.